The zero-order chi connectivity index (χ0) is 20.8. The lowest BCUT2D eigenvalue weighted by molar-refractivity contribution is -0.274. The van der Waals surface area contributed by atoms with Crippen molar-refractivity contribution in [2.24, 2.45) is 0 Å². The minimum absolute atomic E-state index is 0.0521. The third kappa shape index (κ3) is 4.37. The van der Waals surface area contributed by atoms with E-state index >= 15 is 0 Å². The van der Waals surface area contributed by atoms with Gasteiger partial charge in [0.2, 0.25) is 5.91 Å². The van der Waals surface area contributed by atoms with E-state index in [2.05, 4.69) is 10.1 Å². The van der Waals surface area contributed by atoms with Gasteiger partial charge in [0.05, 0.1) is 12.1 Å². The summed E-state index contributed by atoms with van der Waals surface area (Å²) < 4.78 is 46.3. The first kappa shape index (κ1) is 20.1. The largest absolute Gasteiger partial charge is 0.573 e. The van der Waals surface area contributed by atoms with Crippen molar-refractivity contribution >= 4 is 23.5 Å². The number of fused-ring (bicyclic) bond motifs is 1. The minimum Gasteiger partial charge on any atom is -0.406 e. The number of morpholine rings is 1. The molecule has 0 aliphatic carbocycles. The van der Waals surface area contributed by atoms with E-state index in [0.717, 1.165) is 6.07 Å². The molecular formula is C18H19ClF3N3O4. The summed E-state index contributed by atoms with van der Waals surface area (Å²) in [6.45, 7) is 1.83. The van der Waals surface area contributed by atoms with E-state index < -0.39 is 6.36 Å². The second-order valence-corrected chi connectivity index (χ2v) is 7.78. The number of rotatable bonds is 2. The molecule has 0 bridgehead atoms. The van der Waals surface area contributed by atoms with Crippen molar-refractivity contribution < 1.29 is 32.2 Å². The molecule has 29 heavy (non-hydrogen) atoms. The molecule has 1 aromatic carbocycles. The lowest BCUT2D eigenvalue weighted by atomic mass is 9.91. The van der Waals surface area contributed by atoms with Gasteiger partial charge >= 0.3 is 12.4 Å². The van der Waals surface area contributed by atoms with Gasteiger partial charge in [-0.1, -0.05) is 17.7 Å². The van der Waals surface area contributed by atoms with Crippen LogP contribution in [0.25, 0.3) is 0 Å². The number of alkyl halides is 3. The number of amides is 3. The Balaban J connectivity index is 1.33. The summed E-state index contributed by atoms with van der Waals surface area (Å²) in [5.74, 6) is -0.614. The smallest absolute Gasteiger partial charge is 0.406 e. The van der Waals surface area contributed by atoms with Gasteiger partial charge in [-0.2, -0.15) is 0 Å². The molecule has 0 saturated carbocycles. The van der Waals surface area contributed by atoms with E-state index in [1.807, 2.05) is 0 Å². The number of carbonyl (C=O) groups excluding carboxylic acids is 2. The standard InChI is InChI=1S/C18H19ClF3N3O4/c19-13-5-11(29-18(20,21)22)1-2-12(13)10-6-25(7-10)17(27)24-4-3-15-14(8-24)23-16(26)9-28-15/h1-2,5,10,14-15H,3-4,6-9H2,(H,23,26)/t14?,15-/m0/s1. The lowest BCUT2D eigenvalue weighted by Gasteiger charge is -2.46. The van der Waals surface area contributed by atoms with Crippen molar-refractivity contribution in [3.8, 4) is 5.75 Å². The highest BCUT2D eigenvalue weighted by Crippen LogP contribution is 2.36. The van der Waals surface area contributed by atoms with Crippen LogP contribution in [-0.2, 0) is 9.53 Å². The van der Waals surface area contributed by atoms with Gasteiger partial charge in [-0.25, -0.2) is 4.79 Å². The number of likely N-dealkylation sites (tertiary alicyclic amines) is 2. The van der Waals surface area contributed by atoms with Gasteiger partial charge in [-0.05, 0) is 24.1 Å². The van der Waals surface area contributed by atoms with Crippen LogP contribution in [0.5, 0.6) is 5.75 Å². The van der Waals surface area contributed by atoms with E-state index in [9.17, 15) is 22.8 Å². The summed E-state index contributed by atoms with van der Waals surface area (Å²) in [5, 5.41) is 3.03. The Labute approximate surface area is 169 Å². The molecule has 0 spiro atoms. The van der Waals surface area contributed by atoms with E-state index in [0.29, 0.717) is 38.2 Å². The lowest BCUT2D eigenvalue weighted by Crippen LogP contribution is -2.63. The number of hydrogen-bond acceptors (Lipinski definition) is 4. The van der Waals surface area contributed by atoms with Crippen LogP contribution >= 0.6 is 11.6 Å². The summed E-state index contributed by atoms with van der Waals surface area (Å²) in [5.41, 5.74) is 0.678. The Kier molecular flexibility index (Phi) is 5.24. The second-order valence-electron chi connectivity index (χ2n) is 7.37. The molecule has 7 nitrogen and oxygen atoms in total. The van der Waals surface area contributed by atoms with Crippen LogP contribution in [0.15, 0.2) is 18.2 Å². The van der Waals surface area contributed by atoms with Gasteiger partial charge in [0, 0.05) is 37.1 Å². The fourth-order valence-corrected chi connectivity index (χ4v) is 4.27. The van der Waals surface area contributed by atoms with Gasteiger partial charge in [-0.3, -0.25) is 4.79 Å². The number of nitrogens with one attached hydrogen (secondary N) is 1. The molecule has 1 N–H and O–H groups in total. The SMILES string of the molecule is O=C1CO[C@H]2CCN(C(=O)N3CC(c4ccc(OC(F)(F)F)cc4Cl)C3)CC2N1. The summed E-state index contributed by atoms with van der Waals surface area (Å²) in [4.78, 5) is 27.6. The normalized spacial score (nSPS) is 25.2. The molecule has 11 heteroatoms. The maximum atomic E-state index is 12.7. The molecule has 0 radical (unpaired) electrons. The number of nitrogens with zero attached hydrogens (tertiary/aromatic N) is 2. The highest BCUT2D eigenvalue weighted by atomic mass is 35.5. The maximum absolute atomic E-state index is 12.7. The summed E-state index contributed by atoms with van der Waals surface area (Å²) >= 11 is 6.12. The number of urea groups is 1. The monoisotopic (exact) mass is 433 g/mol. The molecule has 3 aliphatic rings. The summed E-state index contributed by atoms with van der Waals surface area (Å²) in [6, 6.07) is 3.51. The number of carbonyl (C=O) groups is 2. The van der Waals surface area contributed by atoms with Gasteiger partial charge in [0.1, 0.15) is 12.4 Å². The van der Waals surface area contributed by atoms with Gasteiger partial charge in [-0.15, -0.1) is 13.2 Å². The van der Waals surface area contributed by atoms with Crippen molar-refractivity contribution in [1.29, 1.82) is 0 Å². The van der Waals surface area contributed by atoms with Crippen LogP contribution < -0.4 is 10.1 Å². The average molecular weight is 434 g/mol. The first-order valence-electron chi connectivity index (χ1n) is 9.19. The van der Waals surface area contributed by atoms with Crippen LogP contribution in [0.2, 0.25) is 5.02 Å². The molecule has 3 fully saturated rings. The third-order valence-electron chi connectivity index (χ3n) is 5.39. The Morgan fingerprint density at radius 3 is 2.69 bits per heavy atom. The molecule has 3 heterocycles. The first-order chi connectivity index (χ1) is 13.7. The summed E-state index contributed by atoms with van der Waals surface area (Å²) in [7, 11) is 0. The molecule has 3 aliphatic heterocycles. The third-order valence-corrected chi connectivity index (χ3v) is 5.72. The van der Waals surface area contributed by atoms with Crippen LogP contribution in [0.3, 0.4) is 0 Å². The fraction of sp³-hybridized carbons (Fsp3) is 0.556. The number of benzene rings is 1. The van der Waals surface area contributed by atoms with Crippen molar-refractivity contribution in [1.82, 2.24) is 15.1 Å². The zero-order valence-electron chi connectivity index (χ0n) is 15.2. The van der Waals surface area contributed by atoms with Gasteiger partial charge in [0.25, 0.3) is 0 Å². The van der Waals surface area contributed by atoms with Crippen molar-refractivity contribution in [2.45, 2.75) is 30.8 Å². The number of hydrogen-bond donors (Lipinski definition) is 1. The molecule has 3 saturated heterocycles. The second kappa shape index (κ2) is 7.56. The van der Waals surface area contributed by atoms with Crippen molar-refractivity contribution in [2.75, 3.05) is 32.8 Å². The minimum atomic E-state index is -4.78. The fourth-order valence-electron chi connectivity index (χ4n) is 3.94. The molecule has 158 valence electrons. The molecule has 1 aromatic rings. The van der Waals surface area contributed by atoms with Crippen LogP contribution in [0.4, 0.5) is 18.0 Å². The molecule has 4 rings (SSSR count). The van der Waals surface area contributed by atoms with Crippen LogP contribution in [-0.4, -0.2) is 73.0 Å². The van der Waals surface area contributed by atoms with E-state index in [4.69, 9.17) is 16.3 Å². The Bertz CT molecular complexity index is 816. The number of piperidine rings is 1. The maximum Gasteiger partial charge on any atom is 0.573 e. The van der Waals surface area contributed by atoms with Gasteiger partial charge < -0.3 is 24.6 Å². The van der Waals surface area contributed by atoms with Crippen molar-refractivity contribution in [3.63, 3.8) is 0 Å². The quantitative estimate of drug-likeness (QED) is 0.777. The average Bonchev–Trinajstić information content (AvgIpc) is 2.60. The Morgan fingerprint density at radius 1 is 1.24 bits per heavy atom. The zero-order valence-corrected chi connectivity index (χ0v) is 16.0. The Hall–Kier alpha value is -2.20. The number of halogens is 4. The molecule has 3 amide bonds. The van der Waals surface area contributed by atoms with Crippen LogP contribution in [0, 0.1) is 0 Å². The van der Waals surface area contributed by atoms with E-state index in [1.54, 1.807) is 9.80 Å². The topological polar surface area (TPSA) is 71.1 Å². The molecule has 1 unspecified atom stereocenters. The predicted octanol–water partition coefficient (Wildman–Crippen LogP) is 2.35. The highest BCUT2D eigenvalue weighted by Gasteiger charge is 2.40. The highest BCUT2D eigenvalue weighted by molar-refractivity contribution is 6.31. The summed E-state index contributed by atoms with van der Waals surface area (Å²) in [6.07, 6.45) is -4.20. The molecule has 0 aromatic heterocycles. The molecular weight excluding hydrogens is 415 g/mol. The van der Waals surface area contributed by atoms with Gasteiger partial charge in [0.15, 0.2) is 0 Å². The van der Waals surface area contributed by atoms with E-state index in [-0.39, 0.29) is 47.4 Å². The number of ether oxygens (including phenoxy) is 2. The van der Waals surface area contributed by atoms with Crippen LogP contribution in [0.1, 0.15) is 17.9 Å². The van der Waals surface area contributed by atoms with E-state index in [1.165, 1.54) is 12.1 Å². The van der Waals surface area contributed by atoms with Crippen molar-refractivity contribution in [3.05, 3.63) is 28.8 Å². The molecule has 2 atom stereocenters. The predicted molar refractivity (Wildman–Crippen MR) is 95.7 cm³/mol. The first-order valence-corrected chi connectivity index (χ1v) is 9.57. The Morgan fingerprint density at radius 2 is 2.00 bits per heavy atom.